The first kappa shape index (κ1) is 17.0. The Kier molecular flexibility index (Phi) is 5.33. The normalized spacial score (nSPS) is 10.2. The molecule has 2 aromatic rings. The molecule has 0 aliphatic heterocycles. The fraction of sp³-hybridized carbons (Fsp3) is 0.188. The van der Waals surface area contributed by atoms with Gasteiger partial charge in [0, 0.05) is 22.3 Å². The molecule has 0 saturated heterocycles. The number of nitrogens with one attached hydrogen (secondary N) is 1. The predicted molar refractivity (Wildman–Crippen MR) is 90.8 cm³/mol. The Morgan fingerprint density at radius 3 is 2.30 bits per heavy atom. The zero-order valence-electron chi connectivity index (χ0n) is 12.6. The number of carbonyl (C=O) groups excluding carboxylic acids is 1. The number of ether oxygens (including phenoxy) is 1. The molecule has 0 aromatic heterocycles. The number of rotatable bonds is 5. The van der Waals surface area contributed by atoms with Gasteiger partial charge in [-0.2, -0.15) is 0 Å². The van der Waals surface area contributed by atoms with Crippen molar-refractivity contribution >= 4 is 33.2 Å². The van der Waals surface area contributed by atoms with Gasteiger partial charge in [0.1, 0.15) is 5.75 Å². The van der Waals surface area contributed by atoms with E-state index in [9.17, 15) is 14.9 Å². The topological polar surface area (TPSA) is 81.5 Å². The Hall–Kier alpha value is -2.41. The first-order chi connectivity index (χ1) is 10.9. The Labute approximate surface area is 141 Å². The molecule has 0 unspecified atom stereocenters. The smallest absolute Gasteiger partial charge is 0.269 e. The average molecular weight is 379 g/mol. The van der Waals surface area contributed by atoms with Gasteiger partial charge in [-0.15, -0.1) is 0 Å². The number of hydrogen-bond acceptors (Lipinski definition) is 4. The van der Waals surface area contributed by atoms with Crippen LogP contribution < -0.4 is 10.1 Å². The quantitative estimate of drug-likeness (QED) is 0.629. The monoisotopic (exact) mass is 378 g/mol. The van der Waals surface area contributed by atoms with Crippen molar-refractivity contribution in [2.45, 2.75) is 13.8 Å². The van der Waals surface area contributed by atoms with Crippen LogP contribution in [0.4, 0.5) is 11.4 Å². The van der Waals surface area contributed by atoms with Crippen molar-refractivity contribution in [3.8, 4) is 5.75 Å². The highest BCUT2D eigenvalue weighted by Gasteiger charge is 2.10. The molecule has 2 aromatic carbocycles. The number of nitro groups is 1. The molecule has 1 N–H and O–H groups in total. The van der Waals surface area contributed by atoms with Gasteiger partial charge in [0.25, 0.3) is 11.6 Å². The minimum Gasteiger partial charge on any atom is -0.484 e. The van der Waals surface area contributed by atoms with E-state index in [-0.39, 0.29) is 18.2 Å². The molecule has 0 heterocycles. The number of carbonyl (C=O) groups is 1. The summed E-state index contributed by atoms with van der Waals surface area (Å²) in [5.74, 6) is 0.104. The van der Waals surface area contributed by atoms with E-state index in [1.807, 2.05) is 26.0 Å². The van der Waals surface area contributed by atoms with Crippen LogP contribution >= 0.6 is 15.9 Å². The van der Waals surface area contributed by atoms with E-state index in [0.29, 0.717) is 5.75 Å². The van der Waals surface area contributed by atoms with Crippen molar-refractivity contribution in [3.63, 3.8) is 0 Å². The minimum absolute atomic E-state index is 0.0251. The molecule has 1 amide bonds. The zero-order chi connectivity index (χ0) is 17.0. The molecule has 2 rings (SSSR count). The fourth-order valence-electron chi connectivity index (χ4n) is 2.10. The van der Waals surface area contributed by atoms with Gasteiger partial charge in [-0.05, 0) is 49.2 Å². The van der Waals surface area contributed by atoms with E-state index in [4.69, 9.17) is 4.74 Å². The molecular formula is C16H15BrN2O4. The van der Waals surface area contributed by atoms with E-state index >= 15 is 0 Å². The van der Waals surface area contributed by atoms with Gasteiger partial charge in [-0.1, -0.05) is 15.9 Å². The van der Waals surface area contributed by atoms with Crippen molar-refractivity contribution in [3.05, 3.63) is 62.1 Å². The third-order valence-corrected chi connectivity index (χ3v) is 3.64. The van der Waals surface area contributed by atoms with Gasteiger partial charge in [-0.25, -0.2) is 0 Å². The molecule has 0 atom stereocenters. The SMILES string of the molecule is Cc1cc(Br)cc(C)c1NC(=O)COc1ccc([N+](=O)[O-])cc1. The molecule has 0 aliphatic carbocycles. The van der Waals surface area contributed by atoms with E-state index in [1.54, 1.807) is 0 Å². The number of benzene rings is 2. The van der Waals surface area contributed by atoms with Gasteiger partial charge < -0.3 is 10.1 Å². The molecule has 0 radical (unpaired) electrons. The molecular weight excluding hydrogens is 364 g/mol. The third-order valence-electron chi connectivity index (χ3n) is 3.18. The van der Waals surface area contributed by atoms with E-state index in [0.717, 1.165) is 21.3 Å². The number of halogens is 1. The van der Waals surface area contributed by atoms with Gasteiger partial charge >= 0.3 is 0 Å². The van der Waals surface area contributed by atoms with Gasteiger partial charge in [0.2, 0.25) is 0 Å². The summed E-state index contributed by atoms with van der Waals surface area (Å²) in [5.41, 5.74) is 2.62. The Bertz CT molecular complexity index is 721. The lowest BCUT2D eigenvalue weighted by molar-refractivity contribution is -0.384. The number of non-ortho nitro benzene ring substituents is 1. The van der Waals surface area contributed by atoms with Crippen LogP contribution in [0.15, 0.2) is 40.9 Å². The highest BCUT2D eigenvalue weighted by Crippen LogP contribution is 2.25. The maximum absolute atomic E-state index is 12.0. The number of hydrogen-bond donors (Lipinski definition) is 1. The molecule has 0 saturated carbocycles. The van der Waals surface area contributed by atoms with Crippen LogP contribution in [0.5, 0.6) is 5.75 Å². The van der Waals surface area contributed by atoms with Crippen LogP contribution in [-0.2, 0) is 4.79 Å². The summed E-state index contributed by atoms with van der Waals surface area (Å²) in [4.78, 5) is 22.1. The lowest BCUT2D eigenvalue weighted by atomic mass is 10.1. The highest BCUT2D eigenvalue weighted by molar-refractivity contribution is 9.10. The summed E-state index contributed by atoms with van der Waals surface area (Å²) in [6, 6.07) is 9.41. The summed E-state index contributed by atoms with van der Waals surface area (Å²) in [7, 11) is 0. The lowest BCUT2D eigenvalue weighted by Crippen LogP contribution is -2.21. The minimum atomic E-state index is -0.490. The molecule has 6 nitrogen and oxygen atoms in total. The van der Waals surface area contributed by atoms with Crippen molar-refractivity contribution in [1.29, 1.82) is 0 Å². The largest absolute Gasteiger partial charge is 0.484 e. The summed E-state index contributed by atoms with van der Waals surface area (Å²) in [6.07, 6.45) is 0. The summed E-state index contributed by atoms with van der Waals surface area (Å²) in [5, 5.41) is 13.4. The maximum atomic E-state index is 12.0. The molecule has 0 bridgehead atoms. The number of anilines is 1. The number of amides is 1. The Morgan fingerprint density at radius 2 is 1.78 bits per heavy atom. The van der Waals surface area contributed by atoms with Crippen molar-refractivity contribution < 1.29 is 14.5 Å². The van der Waals surface area contributed by atoms with Crippen molar-refractivity contribution in [2.24, 2.45) is 0 Å². The van der Waals surface area contributed by atoms with Gasteiger partial charge in [0.15, 0.2) is 6.61 Å². The molecule has 0 aliphatic rings. The molecule has 0 fully saturated rings. The Morgan fingerprint density at radius 1 is 1.22 bits per heavy atom. The van der Waals surface area contributed by atoms with Crippen LogP contribution in [0.1, 0.15) is 11.1 Å². The maximum Gasteiger partial charge on any atom is 0.269 e. The van der Waals surface area contributed by atoms with Crippen molar-refractivity contribution in [2.75, 3.05) is 11.9 Å². The molecule has 23 heavy (non-hydrogen) atoms. The lowest BCUT2D eigenvalue weighted by Gasteiger charge is -2.13. The van der Waals surface area contributed by atoms with E-state index in [1.165, 1.54) is 24.3 Å². The first-order valence-corrected chi connectivity index (χ1v) is 7.60. The first-order valence-electron chi connectivity index (χ1n) is 6.80. The summed E-state index contributed by atoms with van der Waals surface area (Å²) < 4.78 is 6.29. The number of aryl methyl sites for hydroxylation is 2. The van der Waals surface area contributed by atoms with Crippen LogP contribution in [0, 0.1) is 24.0 Å². The fourth-order valence-corrected chi connectivity index (χ4v) is 2.78. The van der Waals surface area contributed by atoms with Crippen molar-refractivity contribution in [1.82, 2.24) is 0 Å². The van der Waals surface area contributed by atoms with Crippen LogP contribution in [0.25, 0.3) is 0 Å². The van der Waals surface area contributed by atoms with Crippen LogP contribution in [-0.4, -0.2) is 17.4 Å². The van der Waals surface area contributed by atoms with E-state index in [2.05, 4.69) is 21.2 Å². The second-order valence-corrected chi connectivity index (χ2v) is 5.92. The van der Waals surface area contributed by atoms with Crippen LogP contribution in [0.3, 0.4) is 0 Å². The van der Waals surface area contributed by atoms with Gasteiger partial charge in [0.05, 0.1) is 4.92 Å². The Balaban J connectivity index is 1.96. The standard InChI is InChI=1S/C16H15BrN2O4/c1-10-7-12(17)8-11(2)16(10)18-15(20)9-23-14-5-3-13(4-6-14)19(21)22/h3-8H,9H2,1-2H3,(H,18,20). The predicted octanol–water partition coefficient (Wildman–Crippen LogP) is 3.99. The summed E-state index contributed by atoms with van der Waals surface area (Å²) in [6.45, 7) is 3.64. The summed E-state index contributed by atoms with van der Waals surface area (Å²) >= 11 is 3.41. The highest BCUT2D eigenvalue weighted by atomic mass is 79.9. The van der Waals surface area contributed by atoms with Crippen LogP contribution in [0.2, 0.25) is 0 Å². The molecule has 7 heteroatoms. The zero-order valence-corrected chi connectivity index (χ0v) is 14.2. The second-order valence-electron chi connectivity index (χ2n) is 5.00. The molecule has 120 valence electrons. The number of nitro benzene ring substituents is 1. The third kappa shape index (κ3) is 4.53. The second kappa shape index (κ2) is 7.23. The molecule has 0 spiro atoms. The number of nitrogens with zero attached hydrogens (tertiary/aromatic N) is 1. The average Bonchev–Trinajstić information content (AvgIpc) is 2.49. The van der Waals surface area contributed by atoms with Gasteiger partial charge in [-0.3, -0.25) is 14.9 Å². The van der Waals surface area contributed by atoms with E-state index < -0.39 is 4.92 Å².